The molecule has 4 saturated carbocycles. The van der Waals surface area contributed by atoms with Crippen molar-refractivity contribution in [2.24, 2.45) is 46.8 Å². The molecule has 2 nitrogen and oxygen atoms in total. The summed E-state index contributed by atoms with van der Waals surface area (Å²) in [6.07, 6.45) is 15.4. The van der Waals surface area contributed by atoms with Crippen molar-refractivity contribution in [1.82, 2.24) is 0 Å². The van der Waals surface area contributed by atoms with Crippen molar-refractivity contribution in [3.05, 3.63) is 0 Å². The predicted molar refractivity (Wildman–Crippen MR) is 121 cm³/mol. The smallest absolute Gasteiger partial charge is 0.0622 e. The zero-order chi connectivity index (χ0) is 21.0. The Hall–Kier alpha value is -0.0800. The topological polar surface area (TPSA) is 40.5 Å². The molecule has 0 amide bonds. The summed E-state index contributed by atoms with van der Waals surface area (Å²) in [6.45, 7) is 11.2. The summed E-state index contributed by atoms with van der Waals surface area (Å²) in [5.74, 6) is 6.25. The second-order valence-electron chi connectivity index (χ2n) is 13.1. The summed E-state index contributed by atoms with van der Waals surface area (Å²) in [4.78, 5) is 0. The highest BCUT2D eigenvalue weighted by atomic mass is 16.3. The van der Waals surface area contributed by atoms with Crippen LogP contribution in [0, 0.1) is 46.8 Å². The molecular formula is C27H48O2. The van der Waals surface area contributed by atoms with E-state index < -0.39 is 11.2 Å². The van der Waals surface area contributed by atoms with Gasteiger partial charge in [0, 0.05) is 0 Å². The lowest BCUT2D eigenvalue weighted by Crippen LogP contribution is -2.50. The van der Waals surface area contributed by atoms with Crippen LogP contribution in [0.3, 0.4) is 0 Å². The van der Waals surface area contributed by atoms with Crippen molar-refractivity contribution >= 4 is 0 Å². The van der Waals surface area contributed by atoms with Crippen molar-refractivity contribution in [1.29, 1.82) is 0 Å². The molecule has 0 aromatic heterocycles. The van der Waals surface area contributed by atoms with E-state index in [9.17, 15) is 10.2 Å². The molecule has 0 bridgehead atoms. The van der Waals surface area contributed by atoms with Gasteiger partial charge in [-0.25, -0.2) is 0 Å². The van der Waals surface area contributed by atoms with Gasteiger partial charge in [0.15, 0.2) is 0 Å². The lowest BCUT2D eigenvalue weighted by Gasteiger charge is -2.57. The minimum Gasteiger partial charge on any atom is -0.390 e. The molecule has 4 fully saturated rings. The van der Waals surface area contributed by atoms with Crippen LogP contribution in [-0.4, -0.2) is 21.4 Å². The Bertz CT molecular complexity index is 576. The Morgan fingerprint density at radius 1 is 0.931 bits per heavy atom. The number of hydrogen-bond donors (Lipinski definition) is 2. The monoisotopic (exact) mass is 404 g/mol. The number of aliphatic hydroxyl groups is 2. The summed E-state index contributed by atoms with van der Waals surface area (Å²) in [5.41, 5.74) is -0.348. The summed E-state index contributed by atoms with van der Waals surface area (Å²) < 4.78 is 0. The zero-order valence-corrected chi connectivity index (χ0v) is 19.9. The van der Waals surface area contributed by atoms with Crippen LogP contribution in [0.25, 0.3) is 0 Å². The molecule has 9 atom stereocenters. The van der Waals surface area contributed by atoms with Crippen LogP contribution >= 0.6 is 0 Å². The number of fused-ring (bicyclic) bond motifs is 5. The van der Waals surface area contributed by atoms with E-state index in [1.165, 1.54) is 51.4 Å². The molecule has 2 N–H and O–H groups in total. The lowest BCUT2D eigenvalue weighted by atomic mass is 9.48. The first-order valence-corrected chi connectivity index (χ1v) is 12.9. The molecule has 0 spiro atoms. The first-order chi connectivity index (χ1) is 13.5. The molecule has 0 radical (unpaired) electrons. The molecular weight excluding hydrogens is 356 g/mol. The highest BCUT2D eigenvalue weighted by Crippen LogP contribution is 2.65. The summed E-state index contributed by atoms with van der Waals surface area (Å²) in [6, 6.07) is 0. The highest BCUT2D eigenvalue weighted by molar-refractivity contribution is 5.07. The minimum atomic E-state index is -0.511. The van der Waals surface area contributed by atoms with Crippen LogP contribution in [0.1, 0.15) is 112 Å². The molecule has 4 aliphatic carbocycles. The molecule has 0 aliphatic heterocycles. The van der Waals surface area contributed by atoms with Crippen molar-refractivity contribution in [2.45, 2.75) is 123 Å². The molecule has 0 saturated heterocycles. The van der Waals surface area contributed by atoms with Gasteiger partial charge in [0.25, 0.3) is 0 Å². The minimum absolute atomic E-state index is 0.395. The molecule has 0 aromatic rings. The molecule has 2 heteroatoms. The second-order valence-corrected chi connectivity index (χ2v) is 13.1. The molecule has 4 aliphatic rings. The fourth-order valence-corrected chi connectivity index (χ4v) is 9.11. The Morgan fingerprint density at radius 3 is 2.38 bits per heavy atom. The first kappa shape index (κ1) is 22.1. The Kier molecular flexibility index (Phi) is 5.95. The van der Waals surface area contributed by atoms with E-state index >= 15 is 0 Å². The van der Waals surface area contributed by atoms with E-state index in [2.05, 4.69) is 20.8 Å². The summed E-state index contributed by atoms with van der Waals surface area (Å²) in [7, 11) is 0. The Morgan fingerprint density at radius 2 is 1.66 bits per heavy atom. The van der Waals surface area contributed by atoms with E-state index in [1.54, 1.807) is 0 Å². The average Bonchev–Trinajstić information content (AvgIpc) is 2.96. The van der Waals surface area contributed by atoms with Crippen LogP contribution in [0.4, 0.5) is 0 Å². The zero-order valence-electron chi connectivity index (χ0n) is 19.9. The maximum atomic E-state index is 10.6. The number of rotatable bonds is 5. The second kappa shape index (κ2) is 7.80. The molecule has 0 aromatic carbocycles. The van der Waals surface area contributed by atoms with Gasteiger partial charge in [0.05, 0.1) is 11.2 Å². The first-order valence-electron chi connectivity index (χ1n) is 12.9. The summed E-state index contributed by atoms with van der Waals surface area (Å²) >= 11 is 0. The van der Waals surface area contributed by atoms with Gasteiger partial charge in [-0.3, -0.25) is 0 Å². The molecule has 29 heavy (non-hydrogen) atoms. The third kappa shape index (κ3) is 4.32. The largest absolute Gasteiger partial charge is 0.390 e. The maximum Gasteiger partial charge on any atom is 0.0622 e. The fraction of sp³-hybridized carbons (Fsp3) is 1.00. The van der Waals surface area contributed by atoms with E-state index in [4.69, 9.17) is 0 Å². The van der Waals surface area contributed by atoms with Crippen LogP contribution in [-0.2, 0) is 0 Å². The van der Waals surface area contributed by atoms with E-state index in [0.29, 0.717) is 5.41 Å². The highest BCUT2D eigenvalue weighted by Gasteiger charge is 2.58. The predicted octanol–water partition coefficient (Wildman–Crippen LogP) is 6.58. The lowest BCUT2D eigenvalue weighted by molar-refractivity contribution is -0.103. The summed E-state index contributed by atoms with van der Waals surface area (Å²) in [5, 5.41) is 20.7. The maximum absolute atomic E-state index is 10.6. The third-order valence-corrected chi connectivity index (χ3v) is 10.4. The van der Waals surface area contributed by atoms with Crippen molar-refractivity contribution in [3.63, 3.8) is 0 Å². The SMILES string of the molecule is C[C@H](CCCC(C)(C)O)[C@H]1CC[C@H]2[C@@H]3CC[C@H]4C[C@@](C)(O)CC[C@@H]4[C@H]3CC[C@]12C. The van der Waals surface area contributed by atoms with Crippen molar-refractivity contribution < 1.29 is 10.2 Å². The number of hydrogen-bond acceptors (Lipinski definition) is 2. The molecule has 4 rings (SSSR count). The molecule has 168 valence electrons. The quantitative estimate of drug-likeness (QED) is 0.543. The van der Waals surface area contributed by atoms with Gasteiger partial charge in [0.1, 0.15) is 0 Å². The Balaban J connectivity index is 1.41. The van der Waals surface area contributed by atoms with Crippen LogP contribution in [0.15, 0.2) is 0 Å². The van der Waals surface area contributed by atoms with Gasteiger partial charge in [-0.15, -0.1) is 0 Å². The fourth-order valence-electron chi connectivity index (χ4n) is 9.11. The van der Waals surface area contributed by atoms with Crippen molar-refractivity contribution in [2.75, 3.05) is 0 Å². The van der Waals surface area contributed by atoms with E-state index in [0.717, 1.165) is 67.1 Å². The Labute approximate surface area is 180 Å². The van der Waals surface area contributed by atoms with E-state index in [1.807, 2.05) is 13.8 Å². The van der Waals surface area contributed by atoms with E-state index in [-0.39, 0.29) is 0 Å². The average molecular weight is 405 g/mol. The van der Waals surface area contributed by atoms with Crippen LogP contribution < -0.4 is 0 Å². The van der Waals surface area contributed by atoms with Crippen LogP contribution in [0.2, 0.25) is 0 Å². The third-order valence-electron chi connectivity index (χ3n) is 10.4. The van der Waals surface area contributed by atoms with Gasteiger partial charge in [-0.1, -0.05) is 26.7 Å². The van der Waals surface area contributed by atoms with Gasteiger partial charge in [0.2, 0.25) is 0 Å². The van der Waals surface area contributed by atoms with Crippen LogP contribution in [0.5, 0.6) is 0 Å². The van der Waals surface area contributed by atoms with Gasteiger partial charge in [-0.2, -0.15) is 0 Å². The normalized spacial score (nSPS) is 48.5. The van der Waals surface area contributed by atoms with Gasteiger partial charge < -0.3 is 10.2 Å². The van der Waals surface area contributed by atoms with Gasteiger partial charge in [-0.05, 0) is 132 Å². The molecule has 0 unspecified atom stereocenters. The standard InChI is InChI=1S/C27H48O2/c1-18(7-6-14-25(2,3)28)23-10-11-24-22-9-8-19-17-26(4,29)15-12-20(19)21(22)13-16-27(23,24)5/h18-24,28-29H,6-17H2,1-5H3/t18-,19+,20+,21-,22-,23-,24+,26+,27-/m1/s1. The van der Waals surface area contributed by atoms with Gasteiger partial charge >= 0.3 is 0 Å². The van der Waals surface area contributed by atoms with Crippen molar-refractivity contribution in [3.8, 4) is 0 Å². The molecule has 0 heterocycles.